The van der Waals surface area contributed by atoms with Crippen LogP contribution in [0.1, 0.15) is 142 Å². The minimum atomic E-state index is -1.79. The van der Waals surface area contributed by atoms with Crippen molar-refractivity contribution in [3.8, 4) is 11.5 Å². The fourth-order valence-electron chi connectivity index (χ4n) is 10.4. The third kappa shape index (κ3) is 18.2. The molecule has 5 nitrogen and oxygen atoms in total. The quantitative estimate of drug-likeness (QED) is 0.0973. The van der Waals surface area contributed by atoms with E-state index in [0.29, 0.717) is 5.41 Å². The monoisotopic (exact) mass is 1230 g/mol. The Balaban J connectivity index is 0.000000212. The number of nitrogens with zero attached hydrogens (tertiary/aromatic N) is 3. The predicted molar refractivity (Wildman–Crippen MR) is 312 cm³/mol. The Bertz CT molecular complexity index is 2590. The van der Waals surface area contributed by atoms with Crippen molar-refractivity contribution in [2.45, 2.75) is 162 Å². The second-order valence-electron chi connectivity index (χ2n) is 21.4. The molecule has 0 aromatic heterocycles. The van der Waals surface area contributed by atoms with E-state index in [1.165, 1.54) is 85.7 Å². The van der Waals surface area contributed by atoms with E-state index in [1.807, 2.05) is 87.2 Å². The van der Waals surface area contributed by atoms with E-state index in [2.05, 4.69) is 146 Å². The second-order valence-corrected chi connectivity index (χ2v) is 32.8. The molecule has 0 spiro atoms. The molecule has 0 aliphatic carbocycles. The number of anilines is 2. The zero-order valence-electron chi connectivity index (χ0n) is 46.5. The van der Waals surface area contributed by atoms with Crippen molar-refractivity contribution in [1.82, 2.24) is 0 Å². The van der Waals surface area contributed by atoms with Gasteiger partial charge in [-0.3, -0.25) is 0 Å². The molecular weight excluding hydrogens is 1150 g/mol. The van der Waals surface area contributed by atoms with E-state index < -0.39 is 27.0 Å². The van der Waals surface area contributed by atoms with Crippen molar-refractivity contribution in [3.05, 3.63) is 146 Å². The van der Waals surface area contributed by atoms with Crippen molar-refractivity contribution < 1.29 is 41.1 Å². The molecule has 5 aromatic rings. The van der Waals surface area contributed by atoms with Gasteiger partial charge in [-0.05, 0) is 113 Å². The van der Waals surface area contributed by atoms with Crippen molar-refractivity contribution in [1.29, 1.82) is 0 Å². The van der Waals surface area contributed by atoms with Crippen LogP contribution in [0, 0.1) is 60.8 Å². The van der Waals surface area contributed by atoms with Crippen LogP contribution in [0.5, 0.6) is 11.5 Å². The van der Waals surface area contributed by atoms with Gasteiger partial charge in [-0.2, -0.15) is 0 Å². The average Bonchev–Trinajstić information content (AvgIpc) is 3.81. The Kier molecular flexibility index (Phi) is 23.8. The van der Waals surface area contributed by atoms with E-state index in [4.69, 9.17) is 48.2 Å². The SMILES string of the molecule is CCc1cccc(CC)c1N1CC(C)(C)CC1(C)C.Cc1cc(C)c(N2C=[N+](c3c(C)cc(C)cc3C)CC2)c(C)c1.Cc1ccc(OC(C)C)c([CH]=[Ru]([Cl])[Cl])c1.Cc1ccc(OC(C)C)c([CH]=[Ru]([Cl])[Cl])c1. The molecule has 0 radical (unpaired) electrons. The molecule has 7 rings (SSSR count). The summed E-state index contributed by atoms with van der Waals surface area (Å²) in [6.45, 7) is 42.7. The molecule has 2 aliphatic heterocycles. The number of para-hydroxylation sites is 1. The van der Waals surface area contributed by atoms with Gasteiger partial charge in [-0.15, -0.1) is 0 Å². The number of ether oxygens (including phenoxy) is 2. The molecule has 0 unspecified atom stereocenters. The first-order chi connectivity index (χ1) is 33.6. The van der Waals surface area contributed by atoms with Crippen molar-refractivity contribution in [2.75, 3.05) is 29.4 Å². The van der Waals surface area contributed by atoms with Gasteiger partial charge in [0.1, 0.15) is 24.5 Å². The Morgan fingerprint density at radius 2 is 1.03 bits per heavy atom. The summed E-state index contributed by atoms with van der Waals surface area (Å²) in [5, 5.41) is 0. The van der Waals surface area contributed by atoms with Crippen molar-refractivity contribution in [2.24, 2.45) is 5.41 Å². The van der Waals surface area contributed by atoms with Crippen LogP contribution < -0.4 is 19.3 Å². The summed E-state index contributed by atoms with van der Waals surface area (Å²) in [6, 6.07) is 28.0. The van der Waals surface area contributed by atoms with Gasteiger partial charge in [-0.1, -0.05) is 81.3 Å². The number of benzene rings is 5. The fourth-order valence-corrected chi connectivity index (χ4v) is 13.9. The number of rotatable bonds is 11. The van der Waals surface area contributed by atoms with E-state index in [-0.39, 0.29) is 17.7 Å². The van der Waals surface area contributed by atoms with E-state index in [9.17, 15) is 0 Å². The number of hydrogen-bond donors (Lipinski definition) is 0. The molecule has 1 saturated heterocycles. The number of hydrogen-bond acceptors (Lipinski definition) is 4. The molecule has 0 bridgehead atoms. The molecule has 0 atom stereocenters. The zero-order valence-corrected chi connectivity index (χ0v) is 53.0. The van der Waals surface area contributed by atoms with E-state index in [1.54, 1.807) is 0 Å². The molecule has 0 N–H and O–H groups in total. The predicted octanol–water partition coefficient (Wildman–Crippen LogP) is 17.3. The molecule has 398 valence electrons. The summed E-state index contributed by atoms with van der Waals surface area (Å²) >= 11 is -3.58. The minimum absolute atomic E-state index is 0.158. The Morgan fingerprint density at radius 1 is 0.597 bits per heavy atom. The standard InChI is InChI=1S/C21H27N2.C18H29N.2C11H14O.4ClH.2Ru/c1-14-9-16(3)20(17(4)10-14)22-7-8-23(13-22)21-18(5)11-15(2)12-19(21)6;1-7-14-10-9-11-15(8-2)16(14)19-13-17(3,4)12-18(19,5)6;2*1-8(2)12-11-6-5-9(3)7-10(11)4;;;;;;/h9-13H,7-8H2,1-6H3;9-11H,7-8,12-13H2,1-6H3;2*4-8H,1-3H3;4*1H;;/q+1;;;;;;;;2*+2/p-4. The van der Waals surface area contributed by atoms with Gasteiger partial charge >= 0.3 is 208 Å². The van der Waals surface area contributed by atoms with E-state index in [0.717, 1.165) is 48.6 Å². The Morgan fingerprint density at radius 3 is 1.40 bits per heavy atom. The zero-order chi connectivity index (χ0) is 53.8. The van der Waals surface area contributed by atoms with Gasteiger partial charge in [0.15, 0.2) is 0 Å². The third-order valence-electron chi connectivity index (χ3n) is 12.6. The van der Waals surface area contributed by atoms with Gasteiger partial charge < -0.3 is 4.90 Å². The summed E-state index contributed by atoms with van der Waals surface area (Å²) < 4.78 is 17.6. The summed E-state index contributed by atoms with van der Waals surface area (Å²) in [4.78, 5) is 5.08. The van der Waals surface area contributed by atoms with E-state index >= 15 is 0 Å². The maximum absolute atomic E-state index is 5.87. The van der Waals surface area contributed by atoms with Gasteiger partial charge in [0.2, 0.25) is 6.34 Å². The Labute approximate surface area is 462 Å². The molecule has 1 fully saturated rings. The number of halogens is 4. The van der Waals surface area contributed by atoms with Crippen LogP contribution in [0.25, 0.3) is 0 Å². The average molecular weight is 1240 g/mol. The molecule has 0 amide bonds. The maximum atomic E-state index is 5.87. The van der Waals surface area contributed by atoms with Crippen molar-refractivity contribution in [3.63, 3.8) is 0 Å². The molecule has 11 heteroatoms. The first-order valence-corrected chi connectivity index (χ1v) is 36.2. The van der Waals surface area contributed by atoms with Crippen LogP contribution >= 0.6 is 38.8 Å². The Hall–Kier alpha value is -2.88. The molecule has 0 saturated carbocycles. The summed E-state index contributed by atoms with van der Waals surface area (Å²) in [6.07, 6.45) is 6.11. The second kappa shape index (κ2) is 27.8. The molecule has 72 heavy (non-hydrogen) atoms. The fraction of sp³-hybridized carbons (Fsp3) is 0.459. The third-order valence-corrected chi connectivity index (χ3v) is 16.3. The molecule has 2 aliphatic rings. The molecular formula is C61H84Cl4N3O2Ru2+. The van der Waals surface area contributed by atoms with Crippen LogP contribution in [-0.2, 0) is 39.9 Å². The first kappa shape index (κ1) is 61.7. The van der Waals surface area contributed by atoms with Crippen LogP contribution in [0.4, 0.5) is 17.1 Å². The summed E-state index contributed by atoms with van der Waals surface area (Å²) in [7, 11) is 23.5. The van der Waals surface area contributed by atoms with Crippen LogP contribution in [-0.4, -0.2) is 57.5 Å². The molecule has 2 heterocycles. The number of aryl methyl sites for hydroxylation is 10. The van der Waals surface area contributed by atoms with Crippen molar-refractivity contribution >= 4 is 71.4 Å². The summed E-state index contributed by atoms with van der Waals surface area (Å²) in [5.41, 5.74) is 20.4. The normalized spacial score (nSPS) is 14.9. The topological polar surface area (TPSA) is 27.9 Å². The van der Waals surface area contributed by atoms with Crippen LogP contribution in [0.3, 0.4) is 0 Å². The van der Waals surface area contributed by atoms with Gasteiger partial charge in [0, 0.05) is 17.8 Å². The van der Waals surface area contributed by atoms with Crippen LogP contribution in [0.15, 0.2) is 78.9 Å². The van der Waals surface area contributed by atoms with Gasteiger partial charge in [0.05, 0.1) is 0 Å². The first-order valence-electron chi connectivity index (χ1n) is 25.3. The van der Waals surface area contributed by atoms with Gasteiger partial charge in [-0.25, -0.2) is 9.48 Å². The summed E-state index contributed by atoms with van der Waals surface area (Å²) in [5.74, 6) is 1.71. The van der Waals surface area contributed by atoms with Crippen LogP contribution in [0.2, 0.25) is 0 Å². The van der Waals surface area contributed by atoms with Gasteiger partial charge in [0.25, 0.3) is 0 Å². The molecule has 5 aromatic carbocycles.